The fraction of sp³-hybridized carbons (Fsp3) is 0.500. The molecule has 1 aliphatic heterocycles. The summed E-state index contributed by atoms with van der Waals surface area (Å²) in [6.45, 7) is 0.323. The number of hydrogen-bond donors (Lipinski definition) is 2. The molecule has 1 aromatic heterocycles. The first kappa shape index (κ1) is 13.2. The van der Waals surface area contributed by atoms with Crippen molar-refractivity contribution in [2.24, 2.45) is 5.73 Å². The van der Waals surface area contributed by atoms with Gasteiger partial charge in [0.1, 0.15) is 10.7 Å². The van der Waals surface area contributed by atoms with Gasteiger partial charge in [-0.3, -0.25) is 0 Å². The van der Waals surface area contributed by atoms with Crippen molar-refractivity contribution in [2.45, 2.75) is 18.1 Å². The van der Waals surface area contributed by atoms with Crippen LogP contribution in [0.3, 0.4) is 0 Å². The minimum Gasteiger partial charge on any atom is -0.388 e. The lowest BCUT2D eigenvalue weighted by Crippen LogP contribution is -2.26. The smallest absolute Gasteiger partial charge is 0.223 e. The van der Waals surface area contributed by atoms with Crippen molar-refractivity contribution in [1.82, 2.24) is 9.97 Å². The minimum atomic E-state index is -2.95. The molecule has 98 valence electrons. The molecule has 1 atom stereocenters. The number of aromatic nitrogens is 2. The van der Waals surface area contributed by atoms with E-state index in [0.717, 1.165) is 6.42 Å². The molecule has 2 rings (SSSR count). The van der Waals surface area contributed by atoms with Crippen molar-refractivity contribution in [2.75, 3.05) is 17.6 Å². The van der Waals surface area contributed by atoms with Crippen molar-refractivity contribution >= 4 is 33.0 Å². The van der Waals surface area contributed by atoms with Crippen LogP contribution in [0.4, 0.5) is 5.95 Å². The molecule has 0 aromatic carbocycles. The van der Waals surface area contributed by atoms with E-state index in [9.17, 15) is 8.42 Å². The minimum absolute atomic E-state index is 0.189. The third-order valence-electron chi connectivity index (χ3n) is 2.86. The quantitative estimate of drug-likeness (QED) is 0.757. The van der Waals surface area contributed by atoms with Gasteiger partial charge in [0.15, 0.2) is 9.84 Å². The van der Waals surface area contributed by atoms with Gasteiger partial charge in [-0.15, -0.1) is 0 Å². The highest BCUT2D eigenvalue weighted by Crippen LogP contribution is 2.19. The number of rotatable bonds is 4. The number of thiocarbonyl (C=S) groups is 1. The van der Waals surface area contributed by atoms with Gasteiger partial charge in [-0.05, 0) is 18.9 Å². The molecule has 1 unspecified atom stereocenters. The largest absolute Gasteiger partial charge is 0.388 e. The van der Waals surface area contributed by atoms with Crippen LogP contribution < -0.4 is 11.1 Å². The Morgan fingerprint density at radius 1 is 1.61 bits per heavy atom. The first-order valence-electron chi connectivity index (χ1n) is 5.57. The molecule has 0 saturated carbocycles. The van der Waals surface area contributed by atoms with E-state index in [4.69, 9.17) is 18.0 Å². The standard InChI is InChI=1S/C10H14N4O2S2/c11-9(17)8-3-4-12-10(14-8)13-6-7-2-1-5-18(7,15)16/h3-4,7H,1-2,5-6H2,(H2,11,17)(H,12,13,14). The van der Waals surface area contributed by atoms with Gasteiger partial charge in [0.2, 0.25) is 5.95 Å². The Bertz CT molecular complexity index is 559. The zero-order valence-corrected chi connectivity index (χ0v) is 11.3. The molecule has 8 heteroatoms. The van der Waals surface area contributed by atoms with E-state index in [1.807, 2.05) is 0 Å². The fourth-order valence-electron chi connectivity index (χ4n) is 1.87. The summed E-state index contributed by atoms with van der Waals surface area (Å²) in [5, 5.41) is 2.57. The lowest BCUT2D eigenvalue weighted by Gasteiger charge is -2.10. The monoisotopic (exact) mass is 286 g/mol. The third kappa shape index (κ3) is 2.94. The highest BCUT2D eigenvalue weighted by molar-refractivity contribution is 7.92. The van der Waals surface area contributed by atoms with Crippen LogP contribution in [-0.2, 0) is 9.84 Å². The summed E-state index contributed by atoms with van der Waals surface area (Å²) in [6, 6.07) is 1.61. The van der Waals surface area contributed by atoms with Gasteiger partial charge in [0.05, 0.1) is 11.0 Å². The Balaban J connectivity index is 2.02. The Morgan fingerprint density at radius 3 is 3.00 bits per heavy atom. The summed E-state index contributed by atoms with van der Waals surface area (Å²) in [7, 11) is -2.95. The molecule has 1 saturated heterocycles. The van der Waals surface area contributed by atoms with Crippen LogP contribution in [-0.4, -0.2) is 40.9 Å². The molecule has 1 aromatic rings. The van der Waals surface area contributed by atoms with Gasteiger partial charge < -0.3 is 11.1 Å². The molecule has 18 heavy (non-hydrogen) atoms. The van der Waals surface area contributed by atoms with Crippen LogP contribution in [0.2, 0.25) is 0 Å². The summed E-state index contributed by atoms with van der Waals surface area (Å²) in [5.41, 5.74) is 5.93. The van der Waals surface area contributed by atoms with Gasteiger partial charge in [0.25, 0.3) is 0 Å². The highest BCUT2D eigenvalue weighted by Gasteiger charge is 2.30. The summed E-state index contributed by atoms with van der Waals surface area (Å²) < 4.78 is 23.3. The van der Waals surface area contributed by atoms with Crippen LogP contribution in [0.25, 0.3) is 0 Å². The zero-order valence-electron chi connectivity index (χ0n) is 9.67. The second-order valence-electron chi connectivity index (χ2n) is 4.14. The second-order valence-corrected chi connectivity index (χ2v) is 6.98. The Hall–Kier alpha value is -1.28. The summed E-state index contributed by atoms with van der Waals surface area (Å²) in [5.74, 6) is 0.620. The van der Waals surface area contributed by atoms with Gasteiger partial charge >= 0.3 is 0 Å². The van der Waals surface area contributed by atoms with E-state index in [2.05, 4.69) is 15.3 Å². The molecule has 2 heterocycles. The molecule has 0 bridgehead atoms. The predicted octanol–water partition coefficient (Wildman–Crippen LogP) is 0.0999. The highest BCUT2D eigenvalue weighted by atomic mass is 32.2. The Morgan fingerprint density at radius 2 is 2.39 bits per heavy atom. The van der Waals surface area contributed by atoms with Crippen molar-refractivity contribution < 1.29 is 8.42 Å². The van der Waals surface area contributed by atoms with Crippen LogP contribution >= 0.6 is 12.2 Å². The maximum absolute atomic E-state index is 11.6. The first-order chi connectivity index (χ1) is 8.49. The molecule has 0 spiro atoms. The van der Waals surface area contributed by atoms with E-state index >= 15 is 0 Å². The SMILES string of the molecule is NC(=S)c1ccnc(NCC2CCCS2(=O)=O)n1. The lowest BCUT2D eigenvalue weighted by atomic mass is 10.2. The number of anilines is 1. The Kier molecular flexibility index (Phi) is 3.76. The maximum atomic E-state index is 11.6. The van der Waals surface area contributed by atoms with Gasteiger partial charge in [0, 0.05) is 12.7 Å². The molecule has 6 nitrogen and oxygen atoms in total. The van der Waals surface area contributed by atoms with Gasteiger partial charge in [-0.25, -0.2) is 18.4 Å². The van der Waals surface area contributed by atoms with Crippen molar-refractivity contribution in [3.8, 4) is 0 Å². The van der Waals surface area contributed by atoms with E-state index in [-0.39, 0.29) is 16.0 Å². The fourth-order valence-corrected chi connectivity index (χ4v) is 3.75. The zero-order chi connectivity index (χ0) is 13.2. The Labute approximate surface area is 111 Å². The van der Waals surface area contributed by atoms with Crippen LogP contribution in [0.15, 0.2) is 12.3 Å². The molecular formula is C10H14N4O2S2. The average molecular weight is 286 g/mol. The summed E-state index contributed by atoms with van der Waals surface area (Å²) >= 11 is 4.81. The molecule has 1 fully saturated rings. The van der Waals surface area contributed by atoms with Crippen LogP contribution in [0.5, 0.6) is 0 Å². The molecule has 0 amide bonds. The predicted molar refractivity (Wildman–Crippen MR) is 73.2 cm³/mol. The van der Waals surface area contributed by atoms with Crippen molar-refractivity contribution in [1.29, 1.82) is 0 Å². The van der Waals surface area contributed by atoms with E-state index in [1.165, 1.54) is 6.20 Å². The van der Waals surface area contributed by atoms with E-state index in [1.54, 1.807) is 6.07 Å². The summed E-state index contributed by atoms with van der Waals surface area (Å²) in [6.07, 6.45) is 2.94. The first-order valence-corrected chi connectivity index (χ1v) is 7.70. The number of sulfone groups is 1. The summed E-state index contributed by atoms with van der Waals surface area (Å²) in [4.78, 5) is 8.28. The molecule has 1 aliphatic rings. The average Bonchev–Trinajstić information content (AvgIpc) is 2.66. The van der Waals surface area contributed by atoms with E-state index in [0.29, 0.717) is 24.6 Å². The molecule has 3 N–H and O–H groups in total. The number of hydrogen-bond acceptors (Lipinski definition) is 6. The maximum Gasteiger partial charge on any atom is 0.223 e. The number of nitrogens with one attached hydrogen (secondary N) is 1. The van der Waals surface area contributed by atoms with Crippen LogP contribution in [0.1, 0.15) is 18.5 Å². The van der Waals surface area contributed by atoms with Crippen molar-refractivity contribution in [3.05, 3.63) is 18.0 Å². The number of nitrogens with two attached hydrogens (primary N) is 1. The van der Waals surface area contributed by atoms with Gasteiger partial charge in [-0.2, -0.15) is 0 Å². The number of nitrogens with zero attached hydrogens (tertiary/aromatic N) is 2. The normalized spacial score (nSPS) is 21.7. The lowest BCUT2D eigenvalue weighted by molar-refractivity contribution is 0.591. The molecule has 0 aliphatic carbocycles. The van der Waals surface area contributed by atoms with Crippen molar-refractivity contribution in [3.63, 3.8) is 0 Å². The topological polar surface area (TPSA) is 98.0 Å². The van der Waals surface area contributed by atoms with Gasteiger partial charge in [-0.1, -0.05) is 12.2 Å². The van der Waals surface area contributed by atoms with Crippen LogP contribution in [0, 0.1) is 0 Å². The van der Waals surface area contributed by atoms with E-state index < -0.39 is 9.84 Å². The second kappa shape index (κ2) is 5.15. The molecular weight excluding hydrogens is 272 g/mol. The third-order valence-corrected chi connectivity index (χ3v) is 5.34. The molecule has 0 radical (unpaired) electrons.